The summed E-state index contributed by atoms with van der Waals surface area (Å²) >= 11 is 3.37. The van der Waals surface area contributed by atoms with Crippen molar-refractivity contribution in [2.45, 2.75) is 19.8 Å². The molecule has 0 aliphatic carbocycles. The number of ether oxygens (including phenoxy) is 1. The predicted molar refractivity (Wildman–Crippen MR) is 92.5 cm³/mol. The Morgan fingerprint density at radius 2 is 1.95 bits per heavy atom. The summed E-state index contributed by atoms with van der Waals surface area (Å²) in [4.78, 5) is 12.0. The minimum Gasteiger partial charge on any atom is -0.492 e. The summed E-state index contributed by atoms with van der Waals surface area (Å²) in [6.45, 7) is 5.21. The fourth-order valence-corrected chi connectivity index (χ4v) is 2.50. The van der Waals surface area contributed by atoms with E-state index in [0.29, 0.717) is 24.6 Å². The maximum Gasteiger partial charge on any atom is 0.252 e. The largest absolute Gasteiger partial charge is 0.492 e. The highest BCUT2D eigenvalue weighted by Gasteiger charge is 2.08. The molecule has 1 N–H and O–H groups in total. The Labute approximate surface area is 139 Å². The van der Waals surface area contributed by atoms with E-state index in [9.17, 15) is 4.79 Å². The molecule has 0 saturated carbocycles. The van der Waals surface area contributed by atoms with Crippen LogP contribution < -0.4 is 10.1 Å². The first-order valence-electron chi connectivity index (χ1n) is 7.33. The second-order valence-corrected chi connectivity index (χ2v) is 6.17. The number of halogens is 1. The van der Waals surface area contributed by atoms with Gasteiger partial charge in [0.05, 0.1) is 12.1 Å². The molecule has 1 amide bonds. The Kier molecular flexibility index (Phi) is 6.01. The Balaban J connectivity index is 1.81. The van der Waals surface area contributed by atoms with Crippen LogP contribution in [-0.2, 0) is 0 Å². The molecular weight excluding hydrogens is 342 g/mol. The summed E-state index contributed by atoms with van der Waals surface area (Å²) in [5, 5.41) is 2.85. The normalized spacial score (nSPS) is 10.5. The zero-order chi connectivity index (χ0) is 15.9. The average Bonchev–Trinajstić information content (AvgIpc) is 2.52. The van der Waals surface area contributed by atoms with E-state index in [0.717, 1.165) is 10.2 Å². The van der Waals surface area contributed by atoms with Crippen molar-refractivity contribution in [1.82, 2.24) is 5.32 Å². The highest BCUT2D eigenvalue weighted by Crippen LogP contribution is 2.20. The first-order valence-corrected chi connectivity index (χ1v) is 8.12. The van der Waals surface area contributed by atoms with E-state index in [1.165, 1.54) is 5.56 Å². The molecule has 22 heavy (non-hydrogen) atoms. The van der Waals surface area contributed by atoms with Crippen LogP contribution in [0.15, 0.2) is 53.0 Å². The highest BCUT2D eigenvalue weighted by molar-refractivity contribution is 9.10. The van der Waals surface area contributed by atoms with E-state index in [1.54, 1.807) is 6.07 Å². The van der Waals surface area contributed by atoms with Gasteiger partial charge in [-0.2, -0.15) is 0 Å². The monoisotopic (exact) mass is 361 g/mol. The van der Waals surface area contributed by atoms with Crippen LogP contribution in [-0.4, -0.2) is 19.1 Å². The lowest BCUT2D eigenvalue weighted by Gasteiger charge is -2.11. The summed E-state index contributed by atoms with van der Waals surface area (Å²) in [5.74, 6) is 1.20. The van der Waals surface area contributed by atoms with Crippen molar-refractivity contribution in [2.75, 3.05) is 13.2 Å². The number of hydrogen-bond acceptors (Lipinski definition) is 2. The van der Waals surface area contributed by atoms with Crippen molar-refractivity contribution < 1.29 is 9.53 Å². The van der Waals surface area contributed by atoms with Gasteiger partial charge in [0, 0.05) is 4.47 Å². The Morgan fingerprint density at radius 1 is 1.18 bits per heavy atom. The highest BCUT2D eigenvalue weighted by atomic mass is 79.9. The van der Waals surface area contributed by atoms with Gasteiger partial charge in [-0.3, -0.25) is 4.79 Å². The second kappa shape index (κ2) is 7.99. The molecule has 0 unspecified atom stereocenters. The molecule has 2 aromatic rings. The molecule has 0 heterocycles. The van der Waals surface area contributed by atoms with Gasteiger partial charge in [-0.1, -0.05) is 38.1 Å². The molecule has 0 saturated heterocycles. The second-order valence-electron chi connectivity index (χ2n) is 5.31. The number of carbonyl (C=O) groups is 1. The van der Waals surface area contributed by atoms with Gasteiger partial charge >= 0.3 is 0 Å². The van der Waals surface area contributed by atoms with E-state index in [1.807, 2.05) is 36.4 Å². The van der Waals surface area contributed by atoms with Crippen LogP contribution in [0.1, 0.15) is 35.7 Å². The lowest BCUT2D eigenvalue weighted by molar-refractivity contribution is 0.0946. The zero-order valence-corrected chi connectivity index (χ0v) is 14.4. The van der Waals surface area contributed by atoms with Gasteiger partial charge in [0.1, 0.15) is 12.4 Å². The number of benzene rings is 2. The Hall–Kier alpha value is -1.81. The molecule has 0 fully saturated rings. The molecule has 4 heteroatoms. The van der Waals surface area contributed by atoms with Crippen LogP contribution >= 0.6 is 15.9 Å². The molecule has 3 nitrogen and oxygen atoms in total. The summed E-state index contributed by atoms with van der Waals surface area (Å²) in [5.41, 5.74) is 1.87. The molecule has 2 aromatic carbocycles. The molecule has 0 spiro atoms. The van der Waals surface area contributed by atoms with Crippen molar-refractivity contribution in [3.63, 3.8) is 0 Å². The minimum atomic E-state index is -0.105. The summed E-state index contributed by atoms with van der Waals surface area (Å²) in [6, 6.07) is 15.4. The molecule has 2 rings (SSSR count). The Bertz CT molecular complexity index is 640. The van der Waals surface area contributed by atoms with E-state index >= 15 is 0 Å². The number of nitrogens with one attached hydrogen (secondary N) is 1. The SMILES string of the molecule is CC(C)c1cccc(OCCNC(=O)c2ccccc2Br)c1. The van der Waals surface area contributed by atoms with Gasteiger partial charge in [-0.25, -0.2) is 0 Å². The fourth-order valence-electron chi connectivity index (χ4n) is 2.04. The molecule has 0 atom stereocenters. The number of hydrogen-bond donors (Lipinski definition) is 1. The quantitative estimate of drug-likeness (QED) is 0.775. The van der Waals surface area contributed by atoms with Gasteiger partial charge < -0.3 is 10.1 Å². The summed E-state index contributed by atoms with van der Waals surface area (Å²) < 4.78 is 6.48. The zero-order valence-electron chi connectivity index (χ0n) is 12.8. The third kappa shape index (κ3) is 4.60. The minimum absolute atomic E-state index is 0.105. The van der Waals surface area contributed by atoms with Gasteiger partial charge in [0.25, 0.3) is 5.91 Å². The maximum atomic E-state index is 12.0. The molecule has 0 aliphatic heterocycles. The topological polar surface area (TPSA) is 38.3 Å². The smallest absolute Gasteiger partial charge is 0.252 e. The first-order chi connectivity index (χ1) is 10.6. The van der Waals surface area contributed by atoms with Crippen molar-refractivity contribution in [3.8, 4) is 5.75 Å². The molecule has 0 aliphatic rings. The molecule has 116 valence electrons. The van der Waals surface area contributed by atoms with Crippen molar-refractivity contribution in [2.24, 2.45) is 0 Å². The lowest BCUT2D eigenvalue weighted by Crippen LogP contribution is -2.28. The summed E-state index contributed by atoms with van der Waals surface area (Å²) in [6.07, 6.45) is 0. The average molecular weight is 362 g/mol. The van der Waals surface area contributed by atoms with Gasteiger partial charge in [0.15, 0.2) is 0 Å². The third-order valence-electron chi connectivity index (χ3n) is 3.30. The fraction of sp³-hybridized carbons (Fsp3) is 0.278. The van der Waals surface area contributed by atoms with E-state index in [-0.39, 0.29) is 5.91 Å². The van der Waals surface area contributed by atoms with Crippen molar-refractivity contribution >= 4 is 21.8 Å². The van der Waals surface area contributed by atoms with Crippen LogP contribution in [0, 0.1) is 0 Å². The van der Waals surface area contributed by atoms with Gasteiger partial charge in [-0.15, -0.1) is 0 Å². The number of amides is 1. The predicted octanol–water partition coefficient (Wildman–Crippen LogP) is 4.38. The van der Waals surface area contributed by atoms with Gasteiger partial charge in [0.2, 0.25) is 0 Å². The molecule has 0 bridgehead atoms. The van der Waals surface area contributed by atoms with Crippen molar-refractivity contribution in [3.05, 3.63) is 64.1 Å². The van der Waals surface area contributed by atoms with E-state index < -0.39 is 0 Å². The van der Waals surface area contributed by atoms with Crippen LogP contribution in [0.4, 0.5) is 0 Å². The standard InChI is InChI=1S/C18H20BrNO2/c1-13(2)14-6-5-7-15(12-14)22-11-10-20-18(21)16-8-3-4-9-17(16)19/h3-9,12-13H,10-11H2,1-2H3,(H,20,21). The van der Waals surface area contributed by atoms with Crippen LogP contribution in [0.2, 0.25) is 0 Å². The van der Waals surface area contributed by atoms with Crippen LogP contribution in [0.5, 0.6) is 5.75 Å². The molecular formula is C18H20BrNO2. The first kappa shape index (κ1) is 16.6. The Morgan fingerprint density at radius 3 is 2.68 bits per heavy atom. The van der Waals surface area contributed by atoms with Crippen LogP contribution in [0.3, 0.4) is 0 Å². The van der Waals surface area contributed by atoms with E-state index in [2.05, 4.69) is 41.2 Å². The lowest BCUT2D eigenvalue weighted by atomic mass is 10.0. The van der Waals surface area contributed by atoms with E-state index in [4.69, 9.17) is 4.74 Å². The van der Waals surface area contributed by atoms with Gasteiger partial charge in [-0.05, 0) is 51.7 Å². The van der Waals surface area contributed by atoms with Crippen LogP contribution in [0.25, 0.3) is 0 Å². The maximum absolute atomic E-state index is 12.0. The molecule has 0 aromatic heterocycles. The number of rotatable bonds is 6. The third-order valence-corrected chi connectivity index (χ3v) is 3.99. The summed E-state index contributed by atoms with van der Waals surface area (Å²) in [7, 11) is 0. The van der Waals surface area contributed by atoms with Crippen molar-refractivity contribution in [1.29, 1.82) is 0 Å². The number of carbonyl (C=O) groups excluding carboxylic acids is 1. The molecule has 0 radical (unpaired) electrons.